The van der Waals surface area contributed by atoms with Gasteiger partial charge in [-0.05, 0) is 88.5 Å². The molecule has 0 aliphatic heterocycles. The summed E-state index contributed by atoms with van der Waals surface area (Å²) in [6.45, 7) is 10.7. The summed E-state index contributed by atoms with van der Waals surface area (Å²) in [4.78, 5) is 42.9. The molecular weight excluding hydrogens is 622 g/mol. The predicted molar refractivity (Wildman–Crippen MR) is 187 cm³/mol. The number of aliphatic hydroxyl groups excluding tert-OH is 1. The van der Waals surface area contributed by atoms with E-state index in [9.17, 15) is 14.7 Å². The third kappa shape index (κ3) is 9.38. The Morgan fingerprint density at radius 1 is 1.06 bits per heavy atom. The molecule has 2 saturated carbocycles. The molecule has 0 unspecified atom stereocenters. The molecule has 0 spiro atoms. The molecule has 2 N–H and O–H groups in total. The van der Waals surface area contributed by atoms with Crippen molar-refractivity contribution in [2.45, 2.75) is 104 Å². The van der Waals surface area contributed by atoms with Gasteiger partial charge in [-0.1, -0.05) is 27.7 Å². The van der Waals surface area contributed by atoms with E-state index in [4.69, 9.17) is 23.9 Å². The van der Waals surface area contributed by atoms with Gasteiger partial charge in [0.15, 0.2) is 5.89 Å². The van der Waals surface area contributed by atoms with Gasteiger partial charge in [0.05, 0.1) is 12.8 Å². The maximum absolute atomic E-state index is 14.4. The molecular formula is C38H53N5O6. The van der Waals surface area contributed by atoms with Crippen LogP contribution in [0.15, 0.2) is 41.1 Å². The SMILES string of the molecule is COc1ccc([C@H]2CC[C@H](CN(c3cc(-c4coc(C(C)C)n4)ccn3)C(=O)[C@H]3CC[C@H](OC(=O)NCC(C)(C)CO)CC3)CC2)nc1C. The van der Waals surface area contributed by atoms with Crippen LogP contribution in [0.3, 0.4) is 0 Å². The number of nitrogens with one attached hydrogen (secondary N) is 1. The minimum atomic E-state index is -0.483. The zero-order chi connectivity index (χ0) is 35.1. The fourth-order valence-corrected chi connectivity index (χ4v) is 6.83. The van der Waals surface area contributed by atoms with E-state index in [1.165, 1.54) is 0 Å². The zero-order valence-electron chi connectivity index (χ0n) is 29.9. The summed E-state index contributed by atoms with van der Waals surface area (Å²) >= 11 is 0. The highest BCUT2D eigenvalue weighted by molar-refractivity contribution is 5.94. The number of anilines is 1. The van der Waals surface area contributed by atoms with Gasteiger partial charge in [0.2, 0.25) is 5.91 Å². The highest BCUT2D eigenvalue weighted by Gasteiger charge is 2.34. The topological polar surface area (TPSA) is 140 Å². The molecule has 5 rings (SSSR count). The average molecular weight is 676 g/mol. The van der Waals surface area contributed by atoms with E-state index in [0.29, 0.717) is 62.3 Å². The van der Waals surface area contributed by atoms with E-state index in [2.05, 4.69) is 16.4 Å². The maximum atomic E-state index is 14.4. The summed E-state index contributed by atoms with van der Waals surface area (Å²) in [6.07, 6.45) is 9.17. The average Bonchev–Trinajstić information content (AvgIpc) is 3.61. The minimum Gasteiger partial charge on any atom is -0.495 e. The quantitative estimate of drug-likeness (QED) is 0.204. The number of rotatable bonds is 12. The lowest BCUT2D eigenvalue weighted by molar-refractivity contribution is -0.124. The third-order valence-electron chi connectivity index (χ3n) is 10.0. The number of hydrogen-bond acceptors (Lipinski definition) is 9. The Hall–Kier alpha value is -3.99. The lowest BCUT2D eigenvalue weighted by Crippen LogP contribution is -2.43. The molecule has 3 heterocycles. The van der Waals surface area contributed by atoms with Gasteiger partial charge in [-0.3, -0.25) is 14.7 Å². The van der Waals surface area contributed by atoms with Crippen LogP contribution in [0.25, 0.3) is 11.3 Å². The van der Waals surface area contributed by atoms with Crippen LogP contribution < -0.4 is 15.0 Å². The van der Waals surface area contributed by atoms with Gasteiger partial charge in [0.25, 0.3) is 0 Å². The molecule has 2 fully saturated rings. The first-order valence-electron chi connectivity index (χ1n) is 17.8. The number of aliphatic hydroxyl groups is 1. The first kappa shape index (κ1) is 36.3. The number of nitrogens with zero attached hydrogens (tertiary/aromatic N) is 4. The lowest BCUT2D eigenvalue weighted by Gasteiger charge is -2.35. The summed E-state index contributed by atoms with van der Waals surface area (Å²) in [6, 6.07) is 7.93. The molecule has 3 aromatic rings. The highest BCUT2D eigenvalue weighted by atomic mass is 16.6. The third-order valence-corrected chi connectivity index (χ3v) is 10.0. The van der Waals surface area contributed by atoms with Crippen molar-refractivity contribution >= 4 is 17.8 Å². The van der Waals surface area contributed by atoms with Crippen LogP contribution in [-0.2, 0) is 9.53 Å². The molecule has 2 aliphatic carbocycles. The molecule has 266 valence electrons. The van der Waals surface area contributed by atoms with Crippen LogP contribution in [0.1, 0.15) is 108 Å². The van der Waals surface area contributed by atoms with Crippen molar-refractivity contribution in [3.63, 3.8) is 0 Å². The largest absolute Gasteiger partial charge is 0.495 e. The lowest BCUT2D eigenvalue weighted by atomic mass is 9.79. The van der Waals surface area contributed by atoms with Crippen LogP contribution in [0.5, 0.6) is 5.75 Å². The monoisotopic (exact) mass is 675 g/mol. The van der Waals surface area contributed by atoms with Gasteiger partial charge >= 0.3 is 6.09 Å². The fourth-order valence-electron chi connectivity index (χ4n) is 6.83. The van der Waals surface area contributed by atoms with Crippen molar-refractivity contribution < 1.29 is 28.6 Å². The van der Waals surface area contributed by atoms with Gasteiger partial charge in [-0.2, -0.15) is 0 Å². The smallest absolute Gasteiger partial charge is 0.407 e. The first-order chi connectivity index (χ1) is 23.5. The van der Waals surface area contributed by atoms with E-state index >= 15 is 0 Å². The molecule has 0 saturated heterocycles. The Morgan fingerprint density at radius 3 is 2.43 bits per heavy atom. The zero-order valence-corrected chi connectivity index (χ0v) is 29.9. The number of aryl methyl sites for hydroxylation is 1. The second-order valence-electron chi connectivity index (χ2n) is 14.9. The van der Waals surface area contributed by atoms with Crippen LogP contribution in [0.4, 0.5) is 10.6 Å². The number of ether oxygens (including phenoxy) is 2. The maximum Gasteiger partial charge on any atom is 0.407 e. The number of amides is 2. The van der Waals surface area contributed by atoms with Crippen LogP contribution in [-0.4, -0.2) is 65.0 Å². The molecule has 0 radical (unpaired) electrons. The van der Waals surface area contributed by atoms with Crippen LogP contribution in [0, 0.1) is 24.2 Å². The molecule has 49 heavy (non-hydrogen) atoms. The fraction of sp³-hybridized carbons (Fsp3) is 0.605. The van der Waals surface area contributed by atoms with Gasteiger partial charge in [0, 0.05) is 60.3 Å². The van der Waals surface area contributed by atoms with E-state index in [0.717, 1.165) is 54.1 Å². The van der Waals surface area contributed by atoms with Crippen molar-refractivity contribution in [2.75, 3.05) is 31.7 Å². The second kappa shape index (κ2) is 16.1. The van der Waals surface area contributed by atoms with E-state index in [1.807, 2.05) is 57.7 Å². The molecule has 0 aromatic carbocycles. The van der Waals surface area contributed by atoms with Gasteiger partial charge in [-0.25, -0.2) is 14.8 Å². The van der Waals surface area contributed by atoms with Crippen molar-refractivity contribution in [2.24, 2.45) is 17.3 Å². The Morgan fingerprint density at radius 2 is 1.80 bits per heavy atom. The Bertz CT molecular complexity index is 1560. The Balaban J connectivity index is 1.27. The van der Waals surface area contributed by atoms with Gasteiger partial charge in [0.1, 0.15) is 29.6 Å². The number of carbonyl (C=O) groups is 2. The molecule has 0 bridgehead atoms. The van der Waals surface area contributed by atoms with Crippen LogP contribution in [0.2, 0.25) is 0 Å². The number of alkyl carbamates (subject to hydrolysis) is 1. The molecule has 2 aliphatic rings. The normalized spacial score (nSPS) is 21.3. The summed E-state index contributed by atoms with van der Waals surface area (Å²) in [5, 5.41) is 12.2. The summed E-state index contributed by atoms with van der Waals surface area (Å²) in [5.74, 6) is 2.85. The number of hydrogen-bond donors (Lipinski definition) is 2. The number of oxazole rings is 1. The number of carbonyl (C=O) groups excluding carboxylic acids is 2. The molecule has 11 heteroatoms. The summed E-state index contributed by atoms with van der Waals surface area (Å²) < 4.78 is 16.8. The van der Waals surface area contributed by atoms with Crippen LogP contribution >= 0.6 is 0 Å². The number of methoxy groups -OCH3 is 1. The number of pyridine rings is 2. The van der Waals surface area contributed by atoms with Gasteiger partial charge in [-0.15, -0.1) is 0 Å². The summed E-state index contributed by atoms with van der Waals surface area (Å²) in [5.41, 5.74) is 3.17. The van der Waals surface area contributed by atoms with Crippen molar-refractivity contribution in [1.82, 2.24) is 20.3 Å². The standard InChI is InChI=1S/C38H53N5O6/c1-24(2)35-42-32(21-48-35)29-17-18-39-34(19-29)43(20-26-7-9-27(10-8-26)31-15-16-33(47-6)25(3)41-31)36(45)28-11-13-30(14-12-28)49-37(46)40-22-38(4,5)23-44/h15-19,21,24,26-28,30,44H,7-14,20,22-23H2,1-6H3,(H,40,46)/t26-,27-,28-,30-. The molecule has 3 aromatic heterocycles. The van der Waals surface area contributed by atoms with Crippen molar-refractivity contribution in [3.8, 4) is 17.0 Å². The predicted octanol–water partition coefficient (Wildman–Crippen LogP) is 7.18. The van der Waals surface area contributed by atoms with Crippen molar-refractivity contribution in [3.05, 3.63) is 54.0 Å². The Kier molecular flexibility index (Phi) is 12.0. The number of aromatic nitrogens is 3. The molecule has 2 amide bonds. The highest BCUT2D eigenvalue weighted by Crippen LogP contribution is 2.38. The van der Waals surface area contributed by atoms with Gasteiger partial charge < -0.3 is 24.3 Å². The van der Waals surface area contributed by atoms with Crippen molar-refractivity contribution in [1.29, 1.82) is 0 Å². The minimum absolute atomic E-state index is 0.0344. The first-order valence-corrected chi connectivity index (χ1v) is 17.8. The van der Waals surface area contributed by atoms with E-state index in [1.54, 1.807) is 19.6 Å². The van der Waals surface area contributed by atoms with E-state index in [-0.39, 0.29) is 30.5 Å². The molecule has 0 atom stereocenters. The Labute approximate surface area is 290 Å². The molecule has 11 nitrogen and oxygen atoms in total. The van der Waals surface area contributed by atoms with E-state index < -0.39 is 11.5 Å². The summed E-state index contributed by atoms with van der Waals surface area (Å²) in [7, 11) is 1.67. The second-order valence-corrected chi connectivity index (χ2v) is 14.9.